The molecule has 0 atom stereocenters. The van der Waals surface area contributed by atoms with Gasteiger partial charge in [-0.1, -0.05) is 0 Å². The van der Waals surface area contributed by atoms with E-state index in [4.69, 9.17) is 9.47 Å². The second kappa shape index (κ2) is 6.96. The van der Waals surface area contributed by atoms with Gasteiger partial charge in [0, 0.05) is 31.4 Å². The lowest BCUT2D eigenvalue weighted by molar-refractivity contribution is 0.0220. The number of nitrogens with zero attached hydrogens (tertiary/aromatic N) is 6. The molecule has 1 amide bonds. The van der Waals surface area contributed by atoms with Crippen molar-refractivity contribution in [1.29, 1.82) is 0 Å². The smallest absolute Gasteiger partial charge is 0.410 e. The lowest BCUT2D eigenvalue weighted by Crippen LogP contribution is -2.41. The van der Waals surface area contributed by atoms with Gasteiger partial charge in [-0.15, -0.1) is 0 Å². The van der Waals surface area contributed by atoms with E-state index in [1.54, 1.807) is 12.0 Å². The van der Waals surface area contributed by atoms with Crippen LogP contribution in [0.25, 0.3) is 0 Å². The molecule has 0 radical (unpaired) electrons. The molecule has 0 spiro atoms. The molecule has 0 bridgehead atoms. The molecule has 0 fully saturated rings. The number of carbonyl (C=O) groups is 1. The van der Waals surface area contributed by atoms with Gasteiger partial charge in [-0.2, -0.15) is 9.97 Å². The first kappa shape index (κ1) is 18.5. The molecule has 0 aromatic carbocycles. The summed E-state index contributed by atoms with van der Waals surface area (Å²) in [4.78, 5) is 29.8. The number of ether oxygens (including phenoxy) is 2. The van der Waals surface area contributed by atoms with E-state index >= 15 is 0 Å². The number of methoxy groups -OCH3 is 1. The molecule has 2 aliphatic rings. The Labute approximate surface area is 164 Å². The van der Waals surface area contributed by atoms with E-state index in [2.05, 4.69) is 24.4 Å². The monoisotopic (exact) mass is 386 g/mol. The molecule has 9 nitrogen and oxygen atoms in total. The van der Waals surface area contributed by atoms with Crippen molar-refractivity contribution in [2.24, 2.45) is 0 Å². The molecular weight excluding hydrogens is 360 g/mol. The second-order valence-corrected chi connectivity index (χ2v) is 8.11. The highest BCUT2D eigenvalue weighted by atomic mass is 16.6. The predicted octanol–water partition coefficient (Wildman–Crippen LogP) is 2.00. The Morgan fingerprint density at radius 1 is 1.14 bits per heavy atom. The number of fused-ring (bicyclic) bond motifs is 2. The third kappa shape index (κ3) is 3.61. The largest absolute Gasteiger partial charge is 0.467 e. The second-order valence-electron chi connectivity index (χ2n) is 8.11. The van der Waals surface area contributed by atoms with E-state index in [0.717, 1.165) is 42.4 Å². The van der Waals surface area contributed by atoms with Crippen molar-refractivity contribution in [3.63, 3.8) is 0 Å². The van der Waals surface area contributed by atoms with Crippen LogP contribution < -0.4 is 9.64 Å². The summed E-state index contributed by atoms with van der Waals surface area (Å²) in [5.74, 6) is 0.887. The maximum absolute atomic E-state index is 12.5. The van der Waals surface area contributed by atoms with Crippen molar-refractivity contribution < 1.29 is 14.3 Å². The van der Waals surface area contributed by atoms with E-state index in [0.29, 0.717) is 25.5 Å². The van der Waals surface area contributed by atoms with Gasteiger partial charge in [0.2, 0.25) is 0 Å². The van der Waals surface area contributed by atoms with Crippen molar-refractivity contribution in [3.8, 4) is 6.01 Å². The minimum Gasteiger partial charge on any atom is -0.467 e. The molecule has 0 unspecified atom stereocenters. The van der Waals surface area contributed by atoms with Gasteiger partial charge in [0.25, 0.3) is 0 Å². The highest BCUT2D eigenvalue weighted by Gasteiger charge is 2.31. The summed E-state index contributed by atoms with van der Waals surface area (Å²) in [6, 6.07) is 0.318. The van der Waals surface area contributed by atoms with Crippen molar-refractivity contribution in [3.05, 3.63) is 29.5 Å². The van der Waals surface area contributed by atoms with Gasteiger partial charge in [-0.3, -0.25) is 0 Å². The fourth-order valence-electron chi connectivity index (χ4n) is 3.59. The first-order chi connectivity index (χ1) is 13.3. The number of rotatable bonds is 2. The Hall–Kier alpha value is -2.84. The van der Waals surface area contributed by atoms with Gasteiger partial charge in [-0.25, -0.2) is 9.78 Å². The number of imidazole rings is 1. The van der Waals surface area contributed by atoms with Crippen LogP contribution in [0.15, 0.2) is 12.5 Å². The molecule has 9 heteroatoms. The Morgan fingerprint density at radius 3 is 2.71 bits per heavy atom. The Balaban J connectivity index is 1.61. The fourth-order valence-corrected chi connectivity index (χ4v) is 3.59. The van der Waals surface area contributed by atoms with E-state index in [1.807, 2.05) is 33.3 Å². The number of hydrogen-bond donors (Lipinski definition) is 0. The number of anilines is 1. The first-order valence-electron chi connectivity index (χ1n) is 9.50. The fraction of sp³-hybridized carbons (Fsp3) is 0.579. The van der Waals surface area contributed by atoms with Crippen LogP contribution in [-0.4, -0.2) is 56.3 Å². The molecule has 0 saturated carbocycles. The average molecular weight is 386 g/mol. The van der Waals surface area contributed by atoms with Gasteiger partial charge in [0.05, 0.1) is 37.9 Å². The standard InChI is InChI=1S/C19H26N6O3/c1-19(2,3)28-18(26)24-6-5-14-15(11-24)21-17(27-4)22-16(14)23-7-8-25-12-20-9-13(25)10-23/h9,12H,5-8,10-11H2,1-4H3. The summed E-state index contributed by atoms with van der Waals surface area (Å²) in [5.41, 5.74) is 2.53. The third-order valence-corrected chi connectivity index (χ3v) is 4.92. The van der Waals surface area contributed by atoms with Crippen molar-refractivity contribution in [1.82, 2.24) is 24.4 Å². The summed E-state index contributed by atoms with van der Waals surface area (Å²) in [6.07, 6.45) is 4.12. The minimum atomic E-state index is -0.525. The van der Waals surface area contributed by atoms with Gasteiger partial charge < -0.3 is 23.8 Å². The van der Waals surface area contributed by atoms with Gasteiger partial charge >= 0.3 is 12.1 Å². The molecule has 150 valence electrons. The SMILES string of the molecule is COc1nc2c(c(N3CCn4cncc4C3)n1)CCN(C(=O)OC(C)(C)C)C2. The van der Waals surface area contributed by atoms with Crippen molar-refractivity contribution >= 4 is 11.9 Å². The lowest BCUT2D eigenvalue weighted by atomic mass is 10.0. The highest BCUT2D eigenvalue weighted by molar-refractivity contribution is 5.69. The summed E-state index contributed by atoms with van der Waals surface area (Å²) >= 11 is 0. The molecule has 4 rings (SSSR count). The van der Waals surface area contributed by atoms with Crippen LogP contribution >= 0.6 is 0 Å². The van der Waals surface area contributed by atoms with E-state index in [1.165, 1.54) is 0 Å². The van der Waals surface area contributed by atoms with Gasteiger partial charge in [0.15, 0.2) is 0 Å². The van der Waals surface area contributed by atoms with Gasteiger partial charge in [-0.05, 0) is 27.2 Å². The third-order valence-electron chi connectivity index (χ3n) is 4.92. The Kier molecular flexibility index (Phi) is 4.60. The zero-order valence-electron chi connectivity index (χ0n) is 16.8. The predicted molar refractivity (Wildman–Crippen MR) is 102 cm³/mol. The quantitative estimate of drug-likeness (QED) is 0.780. The molecule has 0 N–H and O–H groups in total. The maximum Gasteiger partial charge on any atom is 0.410 e. The summed E-state index contributed by atoms with van der Waals surface area (Å²) in [7, 11) is 1.56. The summed E-state index contributed by atoms with van der Waals surface area (Å²) < 4.78 is 13.0. The van der Waals surface area contributed by atoms with Gasteiger partial charge in [0.1, 0.15) is 11.4 Å². The van der Waals surface area contributed by atoms with Crippen molar-refractivity contribution in [2.45, 2.75) is 52.4 Å². The zero-order valence-corrected chi connectivity index (χ0v) is 16.8. The number of carbonyl (C=O) groups excluding carboxylic acids is 1. The maximum atomic E-state index is 12.5. The first-order valence-corrected chi connectivity index (χ1v) is 9.50. The highest BCUT2D eigenvalue weighted by Crippen LogP contribution is 2.31. The Bertz CT molecular complexity index is 888. The molecule has 4 heterocycles. The zero-order chi connectivity index (χ0) is 19.9. The number of amides is 1. The Morgan fingerprint density at radius 2 is 1.96 bits per heavy atom. The topological polar surface area (TPSA) is 85.6 Å². The van der Waals surface area contributed by atoms with Crippen molar-refractivity contribution in [2.75, 3.05) is 25.1 Å². The molecule has 0 saturated heterocycles. The molecule has 2 aromatic heterocycles. The molecule has 2 aliphatic heterocycles. The summed E-state index contributed by atoms with van der Waals surface area (Å²) in [6.45, 7) is 9.01. The van der Waals surface area contributed by atoms with Crippen LogP contribution in [0.2, 0.25) is 0 Å². The molecule has 2 aromatic rings. The molecular formula is C19H26N6O3. The van der Waals surface area contributed by atoms with Crippen LogP contribution in [0, 0.1) is 0 Å². The average Bonchev–Trinajstić information content (AvgIpc) is 3.13. The van der Waals surface area contributed by atoms with Crippen LogP contribution in [0.5, 0.6) is 6.01 Å². The van der Waals surface area contributed by atoms with E-state index in [9.17, 15) is 4.79 Å². The number of hydrogen-bond acceptors (Lipinski definition) is 7. The van der Waals surface area contributed by atoms with Crippen LogP contribution in [-0.2, 0) is 30.8 Å². The molecule has 0 aliphatic carbocycles. The van der Waals surface area contributed by atoms with E-state index in [-0.39, 0.29) is 6.09 Å². The normalized spacial score (nSPS) is 16.4. The minimum absolute atomic E-state index is 0.318. The van der Waals surface area contributed by atoms with Crippen LogP contribution in [0.1, 0.15) is 37.7 Å². The summed E-state index contributed by atoms with van der Waals surface area (Å²) in [5, 5.41) is 0. The number of aromatic nitrogens is 4. The van der Waals surface area contributed by atoms with E-state index < -0.39 is 5.60 Å². The van der Waals surface area contributed by atoms with Crippen LogP contribution in [0.4, 0.5) is 10.6 Å². The van der Waals surface area contributed by atoms with Crippen LogP contribution in [0.3, 0.4) is 0 Å². The molecule has 28 heavy (non-hydrogen) atoms. The lowest BCUT2D eigenvalue weighted by Gasteiger charge is -2.34.